The molecule has 1 aromatic rings. The van der Waals surface area contributed by atoms with Gasteiger partial charge in [0.1, 0.15) is 0 Å². The van der Waals surface area contributed by atoms with E-state index < -0.39 is 0 Å². The van der Waals surface area contributed by atoms with E-state index in [9.17, 15) is 0 Å². The quantitative estimate of drug-likeness (QED) is 0.815. The first-order valence-electron chi connectivity index (χ1n) is 6.74. The van der Waals surface area contributed by atoms with Gasteiger partial charge < -0.3 is 14.8 Å². The lowest BCUT2D eigenvalue weighted by Crippen LogP contribution is -2.25. The van der Waals surface area contributed by atoms with Crippen LogP contribution in [-0.2, 0) is 6.54 Å². The normalized spacial score (nSPS) is 12.6. The number of hydrogen-bond donors (Lipinski definition) is 1. The lowest BCUT2D eigenvalue weighted by Gasteiger charge is -2.19. The number of ether oxygens (including phenoxy) is 2. The van der Waals surface area contributed by atoms with E-state index in [1.54, 1.807) is 7.11 Å². The zero-order valence-electron chi connectivity index (χ0n) is 12.4. The van der Waals surface area contributed by atoms with Crippen molar-refractivity contribution in [3.05, 3.63) is 22.2 Å². The van der Waals surface area contributed by atoms with Crippen LogP contribution < -0.4 is 14.8 Å². The Morgan fingerprint density at radius 1 is 1.26 bits per heavy atom. The number of benzene rings is 1. The fourth-order valence-electron chi connectivity index (χ4n) is 1.70. The van der Waals surface area contributed by atoms with Crippen molar-refractivity contribution < 1.29 is 9.47 Å². The smallest absolute Gasteiger partial charge is 0.166 e. The molecule has 0 heterocycles. The predicted molar refractivity (Wildman–Crippen MR) is 83.1 cm³/mol. The van der Waals surface area contributed by atoms with Crippen LogP contribution >= 0.6 is 15.9 Å². The molecule has 0 aromatic heterocycles. The number of nitrogens with one attached hydrogen (secondary N) is 1. The Kier molecular flexibility index (Phi) is 6.66. The summed E-state index contributed by atoms with van der Waals surface area (Å²) in [6.07, 6.45) is 1.23. The third-order valence-corrected chi connectivity index (χ3v) is 3.38. The van der Waals surface area contributed by atoms with Gasteiger partial charge in [-0.05, 0) is 39.3 Å². The fourth-order valence-corrected chi connectivity index (χ4v) is 2.19. The average molecular weight is 330 g/mol. The minimum absolute atomic E-state index is 0.123. The summed E-state index contributed by atoms with van der Waals surface area (Å²) < 4.78 is 12.3. The molecule has 0 unspecified atom stereocenters. The second-order valence-corrected chi connectivity index (χ2v) is 5.87. The first-order valence-corrected chi connectivity index (χ1v) is 7.53. The molecule has 1 N–H and O–H groups in total. The van der Waals surface area contributed by atoms with E-state index in [0.717, 1.165) is 34.5 Å². The van der Waals surface area contributed by atoms with Gasteiger partial charge >= 0.3 is 0 Å². The van der Waals surface area contributed by atoms with Crippen LogP contribution in [0, 0.1) is 0 Å². The first kappa shape index (κ1) is 16.3. The number of halogens is 1. The van der Waals surface area contributed by atoms with Crippen molar-refractivity contribution in [2.75, 3.05) is 7.11 Å². The molecule has 1 rings (SSSR count). The van der Waals surface area contributed by atoms with Gasteiger partial charge in [-0.2, -0.15) is 0 Å². The van der Waals surface area contributed by atoms with E-state index >= 15 is 0 Å². The number of hydrogen-bond acceptors (Lipinski definition) is 3. The van der Waals surface area contributed by atoms with Gasteiger partial charge in [-0.3, -0.25) is 0 Å². The molecule has 3 nitrogen and oxygen atoms in total. The zero-order valence-corrected chi connectivity index (χ0v) is 14.0. The van der Waals surface area contributed by atoms with Crippen LogP contribution in [0.1, 0.15) is 39.7 Å². The summed E-state index contributed by atoms with van der Waals surface area (Å²) >= 11 is 3.51. The van der Waals surface area contributed by atoms with Crippen LogP contribution in [0.5, 0.6) is 11.5 Å². The summed E-state index contributed by atoms with van der Waals surface area (Å²) in [7, 11) is 1.67. The Bertz CT molecular complexity index is 407. The van der Waals surface area contributed by atoms with Gasteiger partial charge in [-0.25, -0.2) is 0 Å². The largest absolute Gasteiger partial charge is 0.493 e. The standard InChI is InChI=1S/C15H24BrNO2/c1-6-11(4)17-9-12-7-13(16)8-14(18-5)15(12)19-10(2)3/h7-8,10-11,17H,6,9H2,1-5H3/t11-/m1/s1. The van der Waals surface area contributed by atoms with Crippen LogP contribution in [0.3, 0.4) is 0 Å². The Labute approximate surface area is 124 Å². The maximum absolute atomic E-state index is 5.90. The number of rotatable bonds is 7. The maximum atomic E-state index is 5.90. The Morgan fingerprint density at radius 3 is 2.47 bits per heavy atom. The highest BCUT2D eigenvalue weighted by Crippen LogP contribution is 2.35. The zero-order chi connectivity index (χ0) is 14.4. The predicted octanol–water partition coefficient (Wildman–Crippen LogP) is 4.13. The monoisotopic (exact) mass is 329 g/mol. The van der Waals surface area contributed by atoms with Gasteiger partial charge in [0.15, 0.2) is 11.5 Å². The summed E-state index contributed by atoms with van der Waals surface area (Å²) in [6, 6.07) is 4.50. The van der Waals surface area contributed by atoms with E-state index in [1.165, 1.54) is 0 Å². The van der Waals surface area contributed by atoms with Crippen LogP contribution in [-0.4, -0.2) is 19.3 Å². The van der Waals surface area contributed by atoms with Gasteiger partial charge in [0.25, 0.3) is 0 Å². The van der Waals surface area contributed by atoms with Crippen molar-refractivity contribution in [1.29, 1.82) is 0 Å². The molecule has 0 saturated heterocycles. The van der Waals surface area contributed by atoms with E-state index in [1.807, 2.05) is 19.9 Å². The highest BCUT2D eigenvalue weighted by atomic mass is 79.9. The minimum Gasteiger partial charge on any atom is -0.493 e. The second kappa shape index (κ2) is 7.75. The van der Waals surface area contributed by atoms with Crippen molar-refractivity contribution in [2.45, 2.75) is 52.8 Å². The molecule has 0 spiro atoms. The van der Waals surface area contributed by atoms with Crippen LogP contribution in [0.2, 0.25) is 0 Å². The van der Waals surface area contributed by atoms with E-state index in [0.29, 0.717) is 6.04 Å². The maximum Gasteiger partial charge on any atom is 0.166 e. The van der Waals surface area contributed by atoms with Crippen molar-refractivity contribution >= 4 is 15.9 Å². The Hall–Kier alpha value is -0.740. The van der Waals surface area contributed by atoms with Crippen LogP contribution in [0.15, 0.2) is 16.6 Å². The molecule has 0 radical (unpaired) electrons. The molecule has 108 valence electrons. The first-order chi connectivity index (χ1) is 8.97. The van der Waals surface area contributed by atoms with Crippen molar-refractivity contribution in [3.63, 3.8) is 0 Å². The average Bonchev–Trinajstić information content (AvgIpc) is 2.37. The van der Waals surface area contributed by atoms with Gasteiger partial charge in [0, 0.05) is 22.6 Å². The highest BCUT2D eigenvalue weighted by Gasteiger charge is 2.14. The molecular formula is C15H24BrNO2. The second-order valence-electron chi connectivity index (χ2n) is 4.95. The van der Waals surface area contributed by atoms with Gasteiger partial charge in [-0.1, -0.05) is 22.9 Å². The molecule has 0 aliphatic carbocycles. The molecule has 0 fully saturated rings. The van der Waals surface area contributed by atoms with Crippen molar-refractivity contribution in [3.8, 4) is 11.5 Å². The SMILES string of the molecule is CC[C@@H](C)NCc1cc(Br)cc(OC)c1OC(C)C. The third kappa shape index (κ3) is 5.03. The molecule has 1 atom stereocenters. The van der Waals surface area contributed by atoms with E-state index in [2.05, 4.69) is 41.2 Å². The summed E-state index contributed by atoms with van der Waals surface area (Å²) in [4.78, 5) is 0. The third-order valence-electron chi connectivity index (χ3n) is 2.92. The molecule has 1 aromatic carbocycles. The molecule has 0 aliphatic heterocycles. The van der Waals surface area contributed by atoms with E-state index in [4.69, 9.17) is 9.47 Å². The molecule has 4 heteroatoms. The lowest BCUT2D eigenvalue weighted by molar-refractivity contribution is 0.227. The molecular weight excluding hydrogens is 306 g/mol. The summed E-state index contributed by atoms with van der Waals surface area (Å²) in [5, 5.41) is 3.48. The number of methoxy groups -OCH3 is 1. The summed E-state index contributed by atoms with van der Waals surface area (Å²) in [5.41, 5.74) is 1.11. The van der Waals surface area contributed by atoms with Gasteiger partial charge in [0.05, 0.1) is 13.2 Å². The Balaban J connectivity index is 3.01. The highest BCUT2D eigenvalue weighted by molar-refractivity contribution is 9.10. The van der Waals surface area contributed by atoms with Gasteiger partial charge in [-0.15, -0.1) is 0 Å². The molecule has 0 saturated carbocycles. The molecule has 0 aliphatic rings. The summed E-state index contributed by atoms with van der Waals surface area (Å²) in [6.45, 7) is 9.16. The molecule has 0 amide bonds. The van der Waals surface area contributed by atoms with Gasteiger partial charge in [0.2, 0.25) is 0 Å². The van der Waals surface area contributed by atoms with Crippen LogP contribution in [0.4, 0.5) is 0 Å². The topological polar surface area (TPSA) is 30.5 Å². The van der Waals surface area contributed by atoms with Crippen molar-refractivity contribution in [2.24, 2.45) is 0 Å². The van der Waals surface area contributed by atoms with E-state index in [-0.39, 0.29) is 6.10 Å². The lowest BCUT2D eigenvalue weighted by atomic mass is 10.1. The van der Waals surface area contributed by atoms with Crippen LogP contribution in [0.25, 0.3) is 0 Å². The molecule has 19 heavy (non-hydrogen) atoms. The Morgan fingerprint density at radius 2 is 1.95 bits per heavy atom. The summed E-state index contributed by atoms with van der Waals surface area (Å²) in [5.74, 6) is 1.60. The minimum atomic E-state index is 0.123. The molecule has 0 bridgehead atoms. The van der Waals surface area contributed by atoms with Crippen molar-refractivity contribution in [1.82, 2.24) is 5.32 Å². The fraction of sp³-hybridized carbons (Fsp3) is 0.600.